The van der Waals surface area contributed by atoms with Crippen LogP contribution in [0, 0.1) is 19.1 Å². The highest BCUT2D eigenvalue weighted by atomic mass is 16.5. The van der Waals surface area contributed by atoms with E-state index < -0.39 is 18.0 Å². The van der Waals surface area contributed by atoms with E-state index in [0.717, 1.165) is 6.33 Å². The van der Waals surface area contributed by atoms with Crippen molar-refractivity contribution in [2.45, 2.75) is 32.7 Å². The summed E-state index contributed by atoms with van der Waals surface area (Å²) in [5.74, 6) is -2.21. The third kappa shape index (κ3) is 2.74. The van der Waals surface area contributed by atoms with Crippen molar-refractivity contribution in [3.63, 3.8) is 0 Å². The Morgan fingerprint density at radius 1 is 1.47 bits per heavy atom. The summed E-state index contributed by atoms with van der Waals surface area (Å²) in [6.07, 6.45) is 0.817. The smallest absolute Gasteiger partial charge is 0.349 e. The molecule has 1 aromatic rings. The number of hydrogen-bond donors (Lipinski definition) is 2. The molecule has 0 spiro atoms. The number of carbonyl (C=O) groups is 2. The molecule has 1 atom stereocenters. The van der Waals surface area contributed by atoms with Crippen molar-refractivity contribution in [3.05, 3.63) is 22.9 Å². The highest BCUT2D eigenvalue weighted by Crippen LogP contribution is 2.17. The molecule has 94 valence electrons. The van der Waals surface area contributed by atoms with Gasteiger partial charge in [-0.05, 0) is 0 Å². The minimum atomic E-state index is -1.15. The SMILES string of the molecule is Cc1c(C)[n+]([O-])cn1[C@@H](CCC(=O)O)C(=O)O. The average molecular weight is 242 g/mol. The predicted molar refractivity (Wildman–Crippen MR) is 56.4 cm³/mol. The van der Waals surface area contributed by atoms with Gasteiger partial charge in [-0.25, -0.2) is 14.1 Å². The molecular weight excluding hydrogens is 228 g/mol. The van der Waals surface area contributed by atoms with Crippen LogP contribution < -0.4 is 4.73 Å². The molecule has 17 heavy (non-hydrogen) atoms. The summed E-state index contributed by atoms with van der Waals surface area (Å²) in [4.78, 5) is 21.5. The highest BCUT2D eigenvalue weighted by Gasteiger charge is 2.28. The summed E-state index contributed by atoms with van der Waals surface area (Å²) >= 11 is 0. The number of aliphatic carboxylic acids is 2. The number of carboxylic acid groups (broad SMARTS) is 2. The van der Waals surface area contributed by atoms with Crippen LogP contribution in [0.4, 0.5) is 0 Å². The lowest BCUT2D eigenvalue weighted by Gasteiger charge is -2.08. The summed E-state index contributed by atoms with van der Waals surface area (Å²) in [5, 5.41) is 28.9. The normalized spacial score (nSPS) is 12.4. The summed E-state index contributed by atoms with van der Waals surface area (Å²) in [6, 6.07) is -1.03. The molecule has 2 N–H and O–H groups in total. The summed E-state index contributed by atoms with van der Waals surface area (Å²) in [5.41, 5.74) is 0.935. The van der Waals surface area contributed by atoms with E-state index in [1.54, 1.807) is 13.8 Å². The predicted octanol–water partition coefficient (Wildman–Crippen LogP) is 0.229. The van der Waals surface area contributed by atoms with E-state index >= 15 is 0 Å². The minimum absolute atomic E-state index is 0.0559. The number of aromatic nitrogens is 2. The fraction of sp³-hybridized carbons (Fsp3) is 0.500. The lowest BCUT2D eigenvalue weighted by molar-refractivity contribution is -0.611. The van der Waals surface area contributed by atoms with Crippen LogP contribution in [0.5, 0.6) is 0 Å². The van der Waals surface area contributed by atoms with Crippen LogP contribution in [0.1, 0.15) is 30.3 Å². The van der Waals surface area contributed by atoms with Crippen LogP contribution in [0.25, 0.3) is 0 Å². The number of nitrogens with zero attached hydrogens (tertiary/aromatic N) is 2. The molecule has 7 heteroatoms. The van der Waals surface area contributed by atoms with Crippen LogP contribution >= 0.6 is 0 Å². The second kappa shape index (κ2) is 4.86. The molecule has 0 saturated carbocycles. The number of imidazole rings is 1. The van der Waals surface area contributed by atoms with Crippen molar-refractivity contribution in [1.82, 2.24) is 4.57 Å². The Labute approximate surface area is 97.5 Å². The molecule has 0 fully saturated rings. The highest BCUT2D eigenvalue weighted by molar-refractivity contribution is 5.73. The molecule has 0 saturated heterocycles. The number of carboxylic acids is 2. The zero-order chi connectivity index (χ0) is 13.2. The zero-order valence-electron chi connectivity index (χ0n) is 9.58. The quantitative estimate of drug-likeness (QED) is 0.567. The first-order chi connectivity index (χ1) is 7.84. The molecule has 0 radical (unpaired) electrons. The summed E-state index contributed by atoms with van der Waals surface area (Å²) in [6.45, 7) is 3.20. The Balaban J connectivity index is 3.01. The standard InChI is InChI=1S/C10H14N2O5/c1-6-7(2)12(17)5-11(6)8(10(15)16)3-4-9(13)14/h5,8H,3-4H2,1-2H3,(H,13,14)(H,15,16)/t8-/m0/s1. The van der Waals surface area contributed by atoms with Gasteiger partial charge in [0.2, 0.25) is 6.33 Å². The molecule has 0 aromatic carbocycles. The molecule has 0 aliphatic heterocycles. The molecule has 0 aliphatic rings. The van der Waals surface area contributed by atoms with E-state index in [-0.39, 0.29) is 12.8 Å². The maximum Gasteiger partial charge on any atom is 0.349 e. The average Bonchev–Trinajstić information content (AvgIpc) is 2.46. The van der Waals surface area contributed by atoms with Crippen molar-refractivity contribution >= 4 is 11.9 Å². The molecule has 0 aliphatic carbocycles. The zero-order valence-corrected chi connectivity index (χ0v) is 9.58. The van der Waals surface area contributed by atoms with Crippen LogP contribution in [0.2, 0.25) is 0 Å². The van der Waals surface area contributed by atoms with Crippen LogP contribution in [-0.4, -0.2) is 26.7 Å². The van der Waals surface area contributed by atoms with Crippen LogP contribution in [0.15, 0.2) is 6.33 Å². The second-order valence-electron chi connectivity index (χ2n) is 3.81. The van der Waals surface area contributed by atoms with Crippen LogP contribution in [-0.2, 0) is 9.59 Å². The molecule has 0 unspecified atom stereocenters. The topological polar surface area (TPSA) is 106 Å². The largest absolute Gasteiger partial charge is 0.711 e. The number of rotatable bonds is 5. The van der Waals surface area contributed by atoms with Gasteiger partial charge in [0.15, 0.2) is 6.04 Å². The van der Waals surface area contributed by atoms with E-state index in [1.165, 1.54) is 4.57 Å². The van der Waals surface area contributed by atoms with Gasteiger partial charge in [-0.2, -0.15) is 0 Å². The second-order valence-corrected chi connectivity index (χ2v) is 3.81. The first-order valence-corrected chi connectivity index (χ1v) is 5.06. The Hall–Kier alpha value is -2.05. The van der Waals surface area contributed by atoms with Gasteiger partial charge in [0.1, 0.15) is 11.4 Å². The third-order valence-electron chi connectivity index (χ3n) is 2.72. The molecular formula is C10H14N2O5. The molecule has 0 bridgehead atoms. The van der Waals surface area contributed by atoms with Crippen molar-refractivity contribution in [3.8, 4) is 0 Å². The van der Waals surface area contributed by atoms with E-state index in [2.05, 4.69) is 0 Å². The van der Waals surface area contributed by atoms with Crippen molar-refractivity contribution < 1.29 is 24.5 Å². The van der Waals surface area contributed by atoms with Gasteiger partial charge in [0.05, 0.1) is 0 Å². The van der Waals surface area contributed by atoms with E-state index in [9.17, 15) is 14.8 Å². The summed E-state index contributed by atoms with van der Waals surface area (Å²) < 4.78 is 1.87. The van der Waals surface area contributed by atoms with Crippen LogP contribution in [0.3, 0.4) is 0 Å². The van der Waals surface area contributed by atoms with Gasteiger partial charge in [0.25, 0.3) is 0 Å². The molecule has 7 nitrogen and oxygen atoms in total. The Morgan fingerprint density at radius 2 is 2.06 bits per heavy atom. The van der Waals surface area contributed by atoms with E-state index in [1.807, 2.05) is 0 Å². The minimum Gasteiger partial charge on any atom is -0.711 e. The molecule has 0 amide bonds. The maximum atomic E-state index is 11.3. The van der Waals surface area contributed by atoms with Crippen molar-refractivity contribution in [2.24, 2.45) is 0 Å². The van der Waals surface area contributed by atoms with Gasteiger partial charge in [-0.1, -0.05) is 0 Å². The van der Waals surface area contributed by atoms with Gasteiger partial charge in [-0.15, -0.1) is 0 Å². The van der Waals surface area contributed by atoms with Gasteiger partial charge >= 0.3 is 11.9 Å². The van der Waals surface area contributed by atoms with E-state index in [4.69, 9.17) is 10.2 Å². The first kappa shape index (κ1) is 13.0. The fourth-order valence-corrected chi connectivity index (χ4v) is 1.59. The van der Waals surface area contributed by atoms with Crippen molar-refractivity contribution in [2.75, 3.05) is 0 Å². The maximum absolute atomic E-state index is 11.3. The lowest BCUT2D eigenvalue weighted by atomic mass is 10.1. The third-order valence-corrected chi connectivity index (χ3v) is 2.72. The lowest BCUT2D eigenvalue weighted by Crippen LogP contribution is -2.27. The molecule has 1 rings (SSSR count). The monoisotopic (exact) mass is 242 g/mol. The van der Waals surface area contributed by atoms with Crippen molar-refractivity contribution in [1.29, 1.82) is 0 Å². The first-order valence-electron chi connectivity index (χ1n) is 5.06. The number of hydrogen-bond acceptors (Lipinski definition) is 3. The Bertz CT molecular complexity index is 452. The van der Waals surface area contributed by atoms with Gasteiger partial charge in [0, 0.05) is 26.7 Å². The Morgan fingerprint density at radius 3 is 2.41 bits per heavy atom. The summed E-state index contributed by atoms with van der Waals surface area (Å²) in [7, 11) is 0. The Kier molecular flexibility index (Phi) is 3.72. The fourth-order valence-electron chi connectivity index (χ4n) is 1.59. The molecule has 1 aromatic heterocycles. The van der Waals surface area contributed by atoms with E-state index in [0.29, 0.717) is 16.1 Å². The van der Waals surface area contributed by atoms with Gasteiger partial charge in [-0.3, -0.25) is 4.79 Å². The molecule has 1 heterocycles. The van der Waals surface area contributed by atoms with Gasteiger partial charge < -0.3 is 15.4 Å².